The predicted octanol–water partition coefficient (Wildman–Crippen LogP) is 9.32. The van der Waals surface area contributed by atoms with Crippen molar-refractivity contribution in [2.24, 2.45) is 5.92 Å². The number of benzene rings is 2. The van der Waals surface area contributed by atoms with Gasteiger partial charge < -0.3 is 18.7 Å². The fourth-order valence-corrected chi connectivity index (χ4v) is 9.43. The summed E-state index contributed by atoms with van der Waals surface area (Å²) in [4.78, 5) is 0.166. The van der Waals surface area contributed by atoms with E-state index in [0.29, 0.717) is 19.1 Å². The minimum atomic E-state index is -5.13. The summed E-state index contributed by atoms with van der Waals surface area (Å²) in [6.45, 7) is 5.64. The van der Waals surface area contributed by atoms with E-state index in [9.17, 15) is 39.3 Å². The predicted molar refractivity (Wildman–Crippen MR) is 160 cm³/mol. The van der Waals surface area contributed by atoms with Gasteiger partial charge in [-0.05, 0) is 70.4 Å². The summed E-state index contributed by atoms with van der Waals surface area (Å²) >= 11 is 0. The summed E-state index contributed by atoms with van der Waals surface area (Å²) in [5.74, 6) is -6.56. The third kappa shape index (κ3) is 8.02. The molecule has 0 radical (unpaired) electrons. The number of hydrogen-bond acceptors (Lipinski definition) is 7. The normalized spacial score (nSPS) is 19.1. The first-order chi connectivity index (χ1) is 21.3. The van der Waals surface area contributed by atoms with Gasteiger partial charge in [-0.25, -0.2) is 26.0 Å². The zero-order chi connectivity index (χ0) is 34.7. The van der Waals surface area contributed by atoms with Gasteiger partial charge in [0.2, 0.25) is 21.3 Å². The summed E-state index contributed by atoms with van der Waals surface area (Å²) in [5, 5.41) is -1.44. The highest BCUT2D eigenvalue weighted by Gasteiger charge is 2.50. The van der Waals surface area contributed by atoms with Gasteiger partial charge in [0.05, 0.1) is 29.4 Å². The van der Waals surface area contributed by atoms with Crippen LogP contribution in [0.3, 0.4) is 0 Å². The molecule has 0 N–H and O–H groups in total. The highest BCUT2D eigenvalue weighted by molar-refractivity contribution is 7.92. The fourth-order valence-electron chi connectivity index (χ4n) is 5.43. The van der Waals surface area contributed by atoms with Gasteiger partial charge in [0, 0.05) is 30.6 Å². The van der Waals surface area contributed by atoms with E-state index in [0.717, 1.165) is 29.2 Å². The molecule has 2 aromatic rings. The fraction of sp³-hybridized carbons (Fsp3) is 0.600. The molecule has 1 heterocycles. The van der Waals surface area contributed by atoms with Crippen LogP contribution in [0, 0.1) is 11.7 Å². The first kappa shape index (κ1) is 38.1. The molecule has 1 aliphatic heterocycles. The molecule has 0 fully saturated rings. The second-order valence-corrected chi connectivity index (χ2v) is 15.7. The molecule has 0 amide bonds. The first-order valence-electron chi connectivity index (χ1n) is 14.8. The summed E-state index contributed by atoms with van der Waals surface area (Å²) in [5.41, 5.74) is -4.78. The van der Waals surface area contributed by atoms with E-state index < -0.39 is 99.8 Å². The Kier molecular flexibility index (Phi) is 11.9. The maximum Gasteiger partial charge on any atom is 0.420 e. The average Bonchev–Trinajstić information content (AvgIpc) is 3.04. The van der Waals surface area contributed by atoms with Gasteiger partial charge in [0.15, 0.2) is 0 Å². The van der Waals surface area contributed by atoms with Gasteiger partial charge >= 0.3 is 13.8 Å². The Balaban J connectivity index is 2.27. The standard InChI is InChI=1S/C30H39F7NO6PS/c1-6-29(7-2,45(39,43-8-3)44-9-4)19-42-25-17-26-24(16-23(25)30(35,36)37)38(22-12-10-21(31)11-13-22)18-20(14-15-28(5,33)34)27(32)46(26,40)41/h10-13,16-17,20,27H,6-9,14-15,18-19H2,1-5H3/t20-,27+/m1/s1. The second kappa shape index (κ2) is 14.4. The third-order valence-corrected chi connectivity index (χ3v) is 13.2. The van der Waals surface area contributed by atoms with Gasteiger partial charge in [0.1, 0.15) is 23.3 Å². The van der Waals surface area contributed by atoms with Crippen LogP contribution in [0.2, 0.25) is 0 Å². The third-order valence-electron chi connectivity index (χ3n) is 8.13. The number of nitrogens with zero attached hydrogens (tertiary/aromatic N) is 1. The van der Waals surface area contributed by atoms with Crippen molar-refractivity contribution >= 4 is 28.8 Å². The van der Waals surface area contributed by atoms with Gasteiger partial charge in [0.25, 0.3) is 0 Å². The molecule has 1 aliphatic rings. The average molecular weight is 706 g/mol. The molecule has 0 spiro atoms. The van der Waals surface area contributed by atoms with E-state index in [-0.39, 0.29) is 31.7 Å². The lowest BCUT2D eigenvalue weighted by molar-refractivity contribution is -0.139. The Morgan fingerprint density at radius 3 is 2.00 bits per heavy atom. The lowest BCUT2D eigenvalue weighted by Crippen LogP contribution is -2.37. The van der Waals surface area contributed by atoms with Crippen LogP contribution in [0.25, 0.3) is 0 Å². The molecule has 46 heavy (non-hydrogen) atoms. The van der Waals surface area contributed by atoms with Crippen molar-refractivity contribution in [3.63, 3.8) is 0 Å². The van der Waals surface area contributed by atoms with Crippen LogP contribution in [0.15, 0.2) is 41.3 Å². The molecule has 0 aliphatic carbocycles. The minimum absolute atomic E-state index is 0.00681. The summed E-state index contributed by atoms with van der Waals surface area (Å²) in [7, 11) is -9.08. The van der Waals surface area contributed by atoms with Crippen molar-refractivity contribution in [1.29, 1.82) is 0 Å². The van der Waals surface area contributed by atoms with Gasteiger partial charge in [-0.2, -0.15) is 13.2 Å². The summed E-state index contributed by atoms with van der Waals surface area (Å²) in [6, 6.07) is 5.30. The number of ether oxygens (including phenoxy) is 1. The molecule has 7 nitrogen and oxygen atoms in total. The maximum absolute atomic E-state index is 15.9. The van der Waals surface area contributed by atoms with E-state index in [2.05, 4.69) is 0 Å². The molecule has 0 saturated heterocycles. The Bertz CT molecular complexity index is 1480. The van der Waals surface area contributed by atoms with Gasteiger partial charge in [-0.1, -0.05) is 13.8 Å². The molecule has 0 unspecified atom stereocenters. The lowest BCUT2D eigenvalue weighted by atomic mass is 10.00. The van der Waals surface area contributed by atoms with Crippen LogP contribution >= 0.6 is 7.60 Å². The van der Waals surface area contributed by atoms with E-state index >= 15 is 4.39 Å². The number of sulfone groups is 1. The monoisotopic (exact) mass is 705 g/mol. The van der Waals surface area contributed by atoms with Crippen molar-refractivity contribution < 1.29 is 57.5 Å². The van der Waals surface area contributed by atoms with Crippen LogP contribution in [0.4, 0.5) is 42.1 Å². The Morgan fingerprint density at radius 1 is 0.957 bits per heavy atom. The Labute approximate surface area is 264 Å². The minimum Gasteiger partial charge on any atom is -0.492 e. The van der Waals surface area contributed by atoms with Gasteiger partial charge in [-0.3, -0.25) is 4.57 Å². The van der Waals surface area contributed by atoms with Crippen LogP contribution in [-0.4, -0.2) is 51.4 Å². The highest BCUT2D eigenvalue weighted by atomic mass is 32.2. The van der Waals surface area contributed by atoms with E-state index in [1.165, 1.54) is 0 Å². The molecule has 3 rings (SSSR count). The van der Waals surface area contributed by atoms with Crippen molar-refractivity contribution in [1.82, 2.24) is 0 Å². The Morgan fingerprint density at radius 2 is 1.52 bits per heavy atom. The number of rotatable bonds is 14. The molecule has 0 aromatic heterocycles. The van der Waals surface area contributed by atoms with Crippen LogP contribution in [0.5, 0.6) is 5.75 Å². The van der Waals surface area contributed by atoms with E-state index in [1.807, 2.05) is 0 Å². The van der Waals surface area contributed by atoms with Crippen molar-refractivity contribution in [2.75, 3.05) is 31.3 Å². The number of halogens is 7. The number of hydrogen-bond donors (Lipinski definition) is 0. The topological polar surface area (TPSA) is 82.1 Å². The number of alkyl halides is 6. The quantitative estimate of drug-likeness (QED) is 0.143. The molecule has 0 saturated carbocycles. The Hall–Kier alpha value is -2.35. The lowest BCUT2D eigenvalue weighted by Gasteiger charge is -2.37. The molecule has 16 heteroatoms. The molecule has 2 atom stereocenters. The molecule has 0 bridgehead atoms. The summed E-state index contributed by atoms with van der Waals surface area (Å²) < 4.78 is 159. The summed E-state index contributed by atoms with van der Waals surface area (Å²) in [6.07, 6.45) is -6.47. The smallest absolute Gasteiger partial charge is 0.420 e. The van der Waals surface area contributed by atoms with Crippen LogP contribution in [-0.2, 0) is 29.6 Å². The highest BCUT2D eigenvalue weighted by Crippen LogP contribution is 2.63. The van der Waals surface area contributed by atoms with Gasteiger partial charge in [-0.15, -0.1) is 0 Å². The van der Waals surface area contributed by atoms with Crippen LogP contribution < -0.4 is 9.64 Å². The molecular weight excluding hydrogens is 666 g/mol. The van der Waals surface area contributed by atoms with Crippen molar-refractivity contribution in [2.45, 2.75) is 88.0 Å². The largest absolute Gasteiger partial charge is 0.492 e. The van der Waals surface area contributed by atoms with Crippen LogP contribution in [0.1, 0.15) is 65.9 Å². The van der Waals surface area contributed by atoms with Crippen molar-refractivity contribution in [3.05, 3.63) is 47.8 Å². The van der Waals surface area contributed by atoms with Crippen molar-refractivity contribution in [3.8, 4) is 5.75 Å². The maximum atomic E-state index is 15.9. The first-order valence-corrected chi connectivity index (χ1v) is 17.9. The zero-order valence-electron chi connectivity index (χ0n) is 26.2. The number of fused-ring (bicyclic) bond motifs is 1. The number of anilines is 2. The molecular formula is C30H39F7NO6PS. The zero-order valence-corrected chi connectivity index (χ0v) is 27.9. The SMILES string of the molecule is CCOP(=O)(OCC)C(CC)(CC)COc1cc2c(cc1C(F)(F)F)N(c1ccc(F)cc1)C[C@@H](CCC(C)(F)F)[C@@H](F)S2(=O)=O. The molecule has 2 aromatic carbocycles. The second-order valence-electron chi connectivity index (χ2n) is 11.2. The van der Waals surface area contributed by atoms with E-state index in [4.69, 9.17) is 13.8 Å². The molecule has 260 valence electrons. The van der Waals surface area contributed by atoms with E-state index in [1.54, 1.807) is 27.7 Å².